The van der Waals surface area contributed by atoms with Crippen molar-refractivity contribution < 1.29 is 28.2 Å². The van der Waals surface area contributed by atoms with Crippen LogP contribution < -0.4 is 14.8 Å². The lowest BCUT2D eigenvalue weighted by Gasteiger charge is -2.11. The fraction of sp³-hybridized carbons (Fsp3) is 0.192. The third kappa shape index (κ3) is 6.04. The molecule has 0 aliphatic heterocycles. The van der Waals surface area contributed by atoms with E-state index in [1.807, 2.05) is 25.1 Å². The van der Waals surface area contributed by atoms with E-state index in [9.17, 15) is 14.9 Å². The van der Waals surface area contributed by atoms with Crippen molar-refractivity contribution in [3.05, 3.63) is 82.8 Å². The maximum atomic E-state index is 12.6. The summed E-state index contributed by atoms with van der Waals surface area (Å²) in [6, 6.07) is 17.5. The lowest BCUT2D eigenvalue weighted by molar-refractivity contribution is -0.112. The van der Waals surface area contributed by atoms with Crippen molar-refractivity contribution in [1.82, 2.24) is 0 Å². The standard InChI is InChI=1S/C26H24N2O6/c1-4-17-5-8-20(9-6-17)28-25(29)19(15-27)13-18-7-11-22(24(14-18)31-2)33-16-21-10-12-23(34-21)26(30)32-3/h5-14H,4,16H2,1-3H3,(H,28,29). The van der Waals surface area contributed by atoms with Gasteiger partial charge in [-0.05, 0) is 60.0 Å². The molecule has 1 N–H and O–H groups in total. The van der Waals surface area contributed by atoms with Crippen LogP contribution in [0.1, 0.15) is 34.4 Å². The van der Waals surface area contributed by atoms with Crippen molar-refractivity contribution in [2.45, 2.75) is 20.0 Å². The number of hydrogen-bond acceptors (Lipinski definition) is 7. The summed E-state index contributed by atoms with van der Waals surface area (Å²) in [5.41, 5.74) is 2.29. The molecule has 0 aliphatic rings. The highest BCUT2D eigenvalue weighted by Gasteiger charge is 2.14. The van der Waals surface area contributed by atoms with Crippen molar-refractivity contribution in [2.75, 3.05) is 19.5 Å². The molecular formula is C26H24N2O6. The largest absolute Gasteiger partial charge is 0.493 e. The summed E-state index contributed by atoms with van der Waals surface area (Å²) in [5, 5.41) is 12.2. The molecule has 0 saturated heterocycles. The number of benzene rings is 2. The zero-order chi connectivity index (χ0) is 24.5. The van der Waals surface area contributed by atoms with Crippen LogP contribution in [0.15, 0.2) is 64.6 Å². The predicted octanol–water partition coefficient (Wildman–Crippen LogP) is 4.76. The van der Waals surface area contributed by atoms with Crippen LogP contribution >= 0.6 is 0 Å². The third-order valence-electron chi connectivity index (χ3n) is 4.90. The fourth-order valence-corrected chi connectivity index (χ4v) is 3.05. The Labute approximate surface area is 197 Å². The van der Waals surface area contributed by atoms with Gasteiger partial charge in [0.1, 0.15) is 24.0 Å². The molecule has 0 bridgehead atoms. The summed E-state index contributed by atoms with van der Waals surface area (Å²) >= 11 is 0. The van der Waals surface area contributed by atoms with E-state index in [1.54, 1.807) is 36.4 Å². The molecule has 0 fully saturated rings. The Morgan fingerprint density at radius 2 is 1.82 bits per heavy atom. The Bertz CT molecular complexity index is 1230. The molecule has 2 aromatic carbocycles. The van der Waals surface area contributed by atoms with Gasteiger partial charge in [0.25, 0.3) is 5.91 Å². The second-order valence-electron chi connectivity index (χ2n) is 7.13. The number of hydrogen-bond donors (Lipinski definition) is 1. The van der Waals surface area contributed by atoms with Crippen molar-refractivity contribution >= 4 is 23.6 Å². The molecule has 34 heavy (non-hydrogen) atoms. The van der Waals surface area contributed by atoms with Crippen LogP contribution in [0.3, 0.4) is 0 Å². The number of amides is 1. The second-order valence-corrected chi connectivity index (χ2v) is 7.13. The minimum Gasteiger partial charge on any atom is -0.493 e. The van der Waals surface area contributed by atoms with Gasteiger partial charge in [-0.2, -0.15) is 5.26 Å². The summed E-state index contributed by atoms with van der Waals surface area (Å²) in [4.78, 5) is 24.0. The van der Waals surface area contributed by atoms with E-state index in [4.69, 9.17) is 13.9 Å². The number of esters is 1. The highest BCUT2D eigenvalue weighted by Crippen LogP contribution is 2.30. The van der Waals surface area contributed by atoms with Gasteiger partial charge in [0.05, 0.1) is 14.2 Å². The molecule has 0 aliphatic carbocycles. The highest BCUT2D eigenvalue weighted by atomic mass is 16.5. The maximum Gasteiger partial charge on any atom is 0.373 e. The molecule has 1 aromatic heterocycles. The minimum absolute atomic E-state index is 0.0544. The Hall–Kier alpha value is -4.51. The number of nitriles is 1. The van der Waals surface area contributed by atoms with Gasteiger partial charge in [0.2, 0.25) is 5.76 Å². The molecule has 8 nitrogen and oxygen atoms in total. The van der Waals surface area contributed by atoms with Crippen molar-refractivity contribution in [2.24, 2.45) is 0 Å². The minimum atomic E-state index is -0.574. The first-order valence-corrected chi connectivity index (χ1v) is 10.5. The predicted molar refractivity (Wildman–Crippen MR) is 125 cm³/mol. The lowest BCUT2D eigenvalue weighted by atomic mass is 10.1. The van der Waals surface area contributed by atoms with E-state index >= 15 is 0 Å². The van der Waals surface area contributed by atoms with Gasteiger partial charge in [0.15, 0.2) is 11.5 Å². The number of nitrogens with one attached hydrogen (secondary N) is 1. The van der Waals surface area contributed by atoms with Gasteiger partial charge in [-0.15, -0.1) is 0 Å². The number of anilines is 1. The molecule has 3 aromatic rings. The number of aryl methyl sites for hydroxylation is 1. The fourth-order valence-electron chi connectivity index (χ4n) is 3.05. The summed E-state index contributed by atoms with van der Waals surface area (Å²) in [6.07, 6.45) is 2.37. The zero-order valence-electron chi connectivity index (χ0n) is 19.1. The van der Waals surface area contributed by atoms with E-state index in [2.05, 4.69) is 10.1 Å². The molecule has 0 saturated carbocycles. The second kappa shape index (κ2) is 11.4. The van der Waals surface area contributed by atoms with Crippen LogP contribution in [0.2, 0.25) is 0 Å². The summed E-state index contributed by atoms with van der Waals surface area (Å²) in [5.74, 6) is 0.260. The van der Waals surface area contributed by atoms with Crippen LogP contribution in [0, 0.1) is 11.3 Å². The first-order chi connectivity index (χ1) is 16.5. The summed E-state index contributed by atoms with van der Waals surface area (Å²) in [6.45, 7) is 2.11. The molecule has 1 amide bonds. The van der Waals surface area contributed by atoms with Crippen LogP contribution in [-0.2, 0) is 22.6 Å². The number of carbonyl (C=O) groups is 2. The quantitative estimate of drug-likeness (QED) is 0.278. The first-order valence-electron chi connectivity index (χ1n) is 10.5. The first kappa shape index (κ1) is 24.1. The van der Waals surface area contributed by atoms with E-state index < -0.39 is 11.9 Å². The molecule has 1 heterocycles. The lowest BCUT2D eigenvalue weighted by Crippen LogP contribution is -2.13. The summed E-state index contributed by atoms with van der Waals surface area (Å²) < 4.78 is 21.1. The highest BCUT2D eigenvalue weighted by molar-refractivity contribution is 6.09. The van der Waals surface area contributed by atoms with E-state index in [1.165, 1.54) is 26.4 Å². The molecule has 174 valence electrons. The van der Waals surface area contributed by atoms with E-state index in [0.29, 0.717) is 28.5 Å². The topological polar surface area (TPSA) is 111 Å². The monoisotopic (exact) mass is 460 g/mol. The maximum absolute atomic E-state index is 12.6. The molecule has 3 rings (SSSR count). The SMILES string of the molecule is CCc1ccc(NC(=O)C(C#N)=Cc2ccc(OCc3ccc(C(=O)OC)o3)c(OC)c2)cc1. The Morgan fingerprint density at radius 1 is 1.06 bits per heavy atom. The molecule has 0 spiro atoms. The molecular weight excluding hydrogens is 436 g/mol. The molecule has 8 heteroatoms. The summed E-state index contributed by atoms with van der Waals surface area (Å²) in [7, 11) is 2.75. The van der Waals surface area contributed by atoms with E-state index in [0.717, 1.165) is 12.0 Å². The third-order valence-corrected chi connectivity index (χ3v) is 4.90. The van der Waals surface area contributed by atoms with Gasteiger partial charge in [-0.25, -0.2) is 4.79 Å². The van der Waals surface area contributed by atoms with Gasteiger partial charge in [0, 0.05) is 5.69 Å². The Balaban J connectivity index is 1.71. The van der Waals surface area contributed by atoms with Crippen LogP contribution in [0.5, 0.6) is 11.5 Å². The number of ether oxygens (including phenoxy) is 3. The number of furan rings is 1. The molecule has 0 radical (unpaired) electrons. The average Bonchev–Trinajstić information content (AvgIpc) is 3.35. The number of carbonyl (C=O) groups excluding carboxylic acids is 2. The van der Waals surface area contributed by atoms with Gasteiger partial charge in [-0.3, -0.25) is 4.79 Å². The molecule has 0 atom stereocenters. The number of methoxy groups -OCH3 is 2. The zero-order valence-corrected chi connectivity index (χ0v) is 19.1. The number of nitrogens with zero attached hydrogens (tertiary/aromatic N) is 1. The van der Waals surface area contributed by atoms with E-state index in [-0.39, 0.29) is 17.9 Å². The van der Waals surface area contributed by atoms with Crippen molar-refractivity contribution in [3.8, 4) is 17.6 Å². The Morgan fingerprint density at radius 3 is 2.47 bits per heavy atom. The smallest absolute Gasteiger partial charge is 0.373 e. The van der Waals surface area contributed by atoms with Crippen LogP contribution in [0.25, 0.3) is 6.08 Å². The average molecular weight is 460 g/mol. The normalized spacial score (nSPS) is 10.8. The Kier molecular flexibility index (Phi) is 8.08. The van der Waals surface area contributed by atoms with Crippen molar-refractivity contribution in [1.29, 1.82) is 5.26 Å². The van der Waals surface area contributed by atoms with Crippen molar-refractivity contribution in [3.63, 3.8) is 0 Å². The van der Waals surface area contributed by atoms with Crippen LogP contribution in [0.4, 0.5) is 5.69 Å². The van der Waals surface area contributed by atoms with Gasteiger partial charge in [-0.1, -0.05) is 25.1 Å². The molecule has 0 unspecified atom stereocenters. The van der Waals surface area contributed by atoms with Crippen LogP contribution in [-0.4, -0.2) is 26.1 Å². The number of rotatable bonds is 9. The van der Waals surface area contributed by atoms with Gasteiger partial charge < -0.3 is 23.9 Å². The van der Waals surface area contributed by atoms with Gasteiger partial charge >= 0.3 is 5.97 Å².